The molecule has 2 heterocycles. The number of hydrogen-bond donors (Lipinski definition) is 2. The molecular formula is C18H23N3O3. The van der Waals surface area contributed by atoms with E-state index in [1.54, 1.807) is 0 Å². The van der Waals surface area contributed by atoms with Crippen LogP contribution in [0.4, 0.5) is 5.82 Å². The number of nitrogens with one attached hydrogen (secondary N) is 2. The zero-order chi connectivity index (χ0) is 16.8. The average molecular weight is 329 g/mol. The largest absolute Gasteiger partial charge is 0.381 e. The lowest BCUT2D eigenvalue weighted by atomic mass is 10.1. The van der Waals surface area contributed by atoms with E-state index in [-0.39, 0.29) is 12.0 Å². The smallest absolute Gasteiger partial charge is 0.227 e. The molecule has 1 aliphatic heterocycles. The molecule has 1 fully saturated rings. The zero-order valence-electron chi connectivity index (χ0n) is 13.9. The van der Waals surface area contributed by atoms with Gasteiger partial charge in [-0.15, -0.1) is 0 Å². The van der Waals surface area contributed by atoms with Crippen LogP contribution in [0.3, 0.4) is 0 Å². The number of aromatic amines is 1. The normalized spacial score (nSPS) is 15.4. The van der Waals surface area contributed by atoms with Crippen LogP contribution < -0.4 is 5.32 Å². The predicted molar refractivity (Wildman–Crippen MR) is 91.8 cm³/mol. The predicted octanol–water partition coefficient (Wildman–Crippen LogP) is 2.91. The van der Waals surface area contributed by atoms with Crippen LogP contribution >= 0.6 is 0 Å². The molecule has 24 heavy (non-hydrogen) atoms. The first kappa shape index (κ1) is 16.7. The van der Waals surface area contributed by atoms with Crippen LogP contribution in [-0.4, -0.2) is 42.0 Å². The van der Waals surface area contributed by atoms with Crippen molar-refractivity contribution in [3.8, 4) is 11.3 Å². The molecule has 1 aliphatic rings. The summed E-state index contributed by atoms with van der Waals surface area (Å²) in [6, 6.07) is 9.89. The first-order valence-electron chi connectivity index (χ1n) is 8.33. The minimum atomic E-state index is -0.0927. The molecule has 0 bridgehead atoms. The maximum absolute atomic E-state index is 12.0. The fourth-order valence-electron chi connectivity index (χ4n) is 2.77. The number of rotatable bonds is 6. The van der Waals surface area contributed by atoms with Crippen molar-refractivity contribution in [2.75, 3.05) is 25.1 Å². The van der Waals surface area contributed by atoms with Gasteiger partial charge in [0, 0.05) is 24.8 Å². The summed E-state index contributed by atoms with van der Waals surface area (Å²) in [5, 5.41) is 9.93. The second-order valence-electron chi connectivity index (χ2n) is 5.96. The zero-order valence-corrected chi connectivity index (χ0v) is 13.9. The van der Waals surface area contributed by atoms with Gasteiger partial charge in [-0.3, -0.25) is 9.89 Å². The Balaban J connectivity index is 1.47. The molecule has 1 aromatic heterocycles. The molecule has 0 atom stereocenters. The van der Waals surface area contributed by atoms with Crippen LogP contribution in [0, 0.1) is 6.92 Å². The third kappa shape index (κ3) is 4.43. The highest BCUT2D eigenvalue weighted by molar-refractivity contribution is 5.90. The summed E-state index contributed by atoms with van der Waals surface area (Å²) in [5.74, 6) is 0.439. The lowest BCUT2D eigenvalue weighted by Crippen LogP contribution is -2.25. The Labute approximate surface area is 141 Å². The summed E-state index contributed by atoms with van der Waals surface area (Å²) >= 11 is 0. The Morgan fingerprint density at radius 3 is 2.96 bits per heavy atom. The molecule has 6 nitrogen and oxygen atoms in total. The van der Waals surface area contributed by atoms with Gasteiger partial charge >= 0.3 is 0 Å². The summed E-state index contributed by atoms with van der Waals surface area (Å²) in [6.45, 7) is 3.95. The van der Waals surface area contributed by atoms with Gasteiger partial charge in [-0.1, -0.05) is 24.3 Å². The lowest BCUT2D eigenvalue weighted by Gasteiger charge is -2.22. The van der Waals surface area contributed by atoms with Gasteiger partial charge in [0.2, 0.25) is 5.91 Å². The van der Waals surface area contributed by atoms with Crippen molar-refractivity contribution in [1.29, 1.82) is 0 Å². The third-order valence-corrected chi connectivity index (χ3v) is 4.13. The van der Waals surface area contributed by atoms with E-state index < -0.39 is 0 Å². The first-order valence-corrected chi connectivity index (χ1v) is 8.33. The Hall–Kier alpha value is -2.18. The molecule has 3 rings (SSSR count). The summed E-state index contributed by atoms with van der Waals surface area (Å²) < 4.78 is 11.0. The van der Waals surface area contributed by atoms with Crippen molar-refractivity contribution in [3.05, 3.63) is 35.9 Å². The van der Waals surface area contributed by atoms with Gasteiger partial charge in [0.1, 0.15) is 0 Å². The van der Waals surface area contributed by atoms with E-state index in [1.165, 1.54) is 0 Å². The number of anilines is 1. The van der Waals surface area contributed by atoms with Crippen LogP contribution in [0.5, 0.6) is 0 Å². The van der Waals surface area contributed by atoms with Crippen LogP contribution in [0.1, 0.15) is 24.8 Å². The number of aromatic nitrogens is 2. The van der Waals surface area contributed by atoms with Gasteiger partial charge in [-0.05, 0) is 25.3 Å². The number of amides is 1. The van der Waals surface area contributed by atoms with Crippen molar-refractivity contribution in [1.82, 2.24) is 10.2 Å². The Bertz CT molecular complexity index is 678. The van der Waals surface area contributed by atoms with E-state index in [9.17, 15) is 4.79 Å². The number of carbonyl (C=O) groups excluding carboxylic acids is 1. The van der Waals surface area contributed by atoms with Crippen LogP contribution in [0.25, 0.3) is 11.3 Å². The van der Waals surface area contributed by atoms with Crippen molar-refractivity contribution in [2.24, 2.45) is 0 Å². The minimum Gasteiger partial charge on any atom is -0.381 e. The van der Waals surface area contributed by atoms with Crippen LogP contribution in [-0.2, 0) is 14.3 Å². The monoisotopic (exact) mass is 329 g/mol. The van der Waals surface area contributed by atoms with Gasteiger partial charge in [-0.25, -0.2) is 0 Å². The second-order valence-corrected chi connectivity index (χ2v) is 5.96. The molecule has 2 aromatic rings. The van der Waals surface area contributed by atoms with Gasteiger partial charge in [-0.2, -0.15) is 5.10 Å². The Morgan fingerprint density at radius 1 is 1.38 bits per heavy atom. The number of carbonyl (C=O) groups is 1. The van der Waals surface area contributed by atoms with Crippen LogP contribution in [0.15, 0.2) is 30.3 Å². The molecule has 1 saturated heterocycles. The molecule has 2 N–H and O–H groups in total. The Kier molecular flexibility index (Phi) is 5.61. The molecule has 0 unspecified atom stereocenters. The fraction of sp³-hybridized carbons (Fsp3) is 0.444. The van der Waals surface area contributed by atoms with E-state index in [0.717, 1.165) is 42.9 Å². The molecule has 128 valence electrons. The number of benzene rings is 1. The van der Waals surface area contributed by atoms with Gasteiger partial charge < -0.3 is 14.8 Å². The standard InChI is InChI=1S/C18H23N3O3/c1-13-4-2-3-5-15(13)16-12-17(21-20-16)19-18(22)8-11-24-14-6-9-23-10-7-14/h2-5,12,14H,6-11H2,1H3,(H2,19,20,21,22). The number of ether oxygens (including phenoxy) is 2. The first-order chi connectivity index (χ1) is 11.7. The lowest BCUT2D eigenvalue weighted by molar-refractivity contribution is -0.118. The molecule has 0 radical (unpaired) electrons. The quantitative estimate of drug-likeness (QED) is 0.854. The molecule has 0 spiro atoms. The highest BCUT2D eigenvalue weighted by Gasteiger charge is 2.15. The van der Waals surface area contributed by atoms with Crippen molar-refractivity contribution in [2.45, 2.75) is 32.3 Å². The van der Waals surface area contributed by atoms with E-state index in [0.29, 0.717) is 18.8 Å². The highest BCUT2D eigenvalue weighted by Crippen LogP contribution is 2.23. The summed E-state index contributed by atoms with van der Waals surface area (Å²) in [6.07, 6.45) is 2.34. The molecule has 1 aromatic carbocycles. The van der Waals surface area contributed by atoms with Crippen LogP contribution in [0.2, 0.25) is 0 Å². The number of aryl methyl sites for hydroxylation is 1. The summed E-state index contributed by atoms with van der Waals surface area (Å²) in [4.78, 5) is 12.0. The molecular weight excluding hydrogens is 306 g/mol. The second kappa shape index (κ2) is 8.08. The fourth-order valence-corrected chi connectivity index (χ4v) is 2.77. The number of H-pyrrole nitrogens is 1. The van der Waals surface area contributed by atoms with Crippen molar-refractivity contribution >= 4 is 11.7 Å². The minimum absolute atomic E-state index is 0.0927. The number of hydrogen-bond acceptors (Lipinski definition) is 4. The van der Waals surface area contributed by atoms with E-state index in [1.807, 2.05) is 37.3 Å². The molecule has 6 heteroatoms. The highest BCUT2D eigenvalue weighted by atomic mass is 16.5. The average Bonchev–Trinajstić information content (AvgIpc) is 3.04. The number of nitrogens with zero attached hydrogens (tertiary/aromatic N) is 1. The SMILES string of the molecule is Cc1ccccc1-c1cc(NC(=O)CCOC2CCOCC2)n[nH]1. The molecule has 0 saturated carbocycles. The van der Waals surface area contributed by atoms with Gasteiger partial charge in [0.15, 0.2) is 5.82 Å². The molecule has 0 aliphatic carbocycles. The van der Waals surface area contributed by atoms with E-state index in [2.05, 4.69) is 15.5 Å². The Morgan fingerprint density at radius 2 is 2.17 bits per heavy atom. The van der Waals surface area contributed by atoms with Crippen molar-refractivity contribution in [3.63, 3.8) is 0 Å². The molecule has 1 amide bonds. The van der Waals surface area contributed by atoms with E-state index in [4.69, 9.17) is 9.47 Å². The maximum Gasteiger partial charge on any atom is 0.227 e. The topological polar surface area (TPSA) is 76.2 Å². The van der Waals surface area contributed by atoms with Crippen molar-refractivity contribution < 1.29 is 14.3 Å². The summed E-state index contributed by atoms with van der Waals surface area (Å²) in [7, 11) is 0. The third-order valence-electron chi connectivity index (χ3n) is 4.13. The van der Waals surface area contributed by atoms with Gasteiger partial charge in [0.05, 0.1) is 24.8 Å². The van der Waals surface area contributed by atoms with Gasteiger partial charge in [0.25, 0.3) is 0 Å². The maximum atomic E-state index is 12.0. The summed E-state index contributed by atoms with van der Waals surface area (Å²) in [5.41, 5.74) is 3.12. The van der Waals surface area contributed by atoms with E-state index >= 15 is 0 Å².